The number of likely N-dealkylation sites (N-methyl/N-ethyl adjacent to an activating group) is 1. The fourth-order valence-electron chi connectivity index (χ4n) is 3.60. The van der Waals surface area contributed by atoms with Gasteiger partial charge in [0, 0.05) is 19.0 Å². The Morgan fingerprint density at radius 3 is 2.70 bits per heavy atom. The molecule has 0 aliphatic carbocycles. The third-order valence-electron chi connectivity index (χ3n) is 4.69. The van der Waals surface area contributed by atoms with E-state index in [0.717, 1.165) is 35.6 Å². The van der Waals surface area contributed by atoms with Gasteiger partial charge in [0.1, 0.15) is 0 Å². The van der Waals surface area contributed by atoms with E-state index in [9.17, 15) is 0 Å². The van der Waals surface area contributed by atoms with Crippen LogP contribution in [0.1, 0.15) is 22.6 Å². The van der Waals surface area contributed by atoms with E-state index >= 15 is 0 Å². The topological polar surface area (TPSA) is 34.8 Å². The normalized spacial score (nSPS) is 18.8. The van der Waals surface area contributed by atoms with Gasteiger partial charge in [-0.25, -0.2) is 0 Å². The number of nitrogens with zero attached hydrogens (tertiary/aromatic N) is 1. The summed E-state index contributed by atoms with van der Waals surface area (Å²) in [6.45, 7) is 2.02. The Hall–Kier alpha value is -1.62. The number of H-pyrrole nitrogens is 2. The molecule has 1 aliphatic heterocycles. The van der Waals surface area contributed by atoms with E-state index in [1.54, 1.807) is 0 Å². The van der Waals surface area contributed by atoms with Crippen LogP contribution in [0, 0.1) is 4.77 Å². The zero-order valence-electron chi connectivity index (χ0n) is 12.9. The first-order valence-electron chi connectivity index (χ1n) is 7.80. The summed E-state index contributed by atoms with van der Waals surface area (Å²) in [6.07, 6.45) is 0.997. The van der Waals surface area contributed by atoms with E-state index in [2.05, 4.69) is 58.3 Å². The van der Waals surface area contributed by atoms with E-state index < -0.39 is 0 Å². The predicted octanol–water partition coefficient (Wildman–Crippen LogP) is 4.50. The lowest BCUT2D eigenvalue weighted by molar-refractivity contribution is 0.338. The second-order valence-corrected chi connectivity index (χ2v) is 7.05. The number of nitrogens with one attached hydrogen (secondary N) is 2. The van der Waals surface area contributed by atoms with Gasteiger partial charge in [0.25, 0.3) is 0 Å². The lowest BCUT2D eigenvalue weighted by Gasteiger charge is -2.22. The lowest BCUT2D eigenvalue weighted by atomic mass is 9.87. The largest absolute Gasteiger partial charge is 0.330 e. The molecule has 1 atom stereocenters. The number of halogens is 1. The van der Waals surface area contributed by atoms with Gasteiger partial charge in [-0.3, -0.25) is 0 Å². The van der Waals surface area contributed by atoms with Crippen LogP contribution >= 0.6 is 23.8 Å². The monoisotopic (exact) mass is 343 g/mol. The molecule has 0 unspecified atom stereocenters. The van der Waals surface area contributed by atoms with Gasteiger partial charge in [0.05, 0.1) is 16.1 Å². The van der Waals surface area contributed by atoms with Gasteiger partial charge in [-0.15, -0.1) is 0 Å². The fraction of sp³-hybridized carbons (Fsp3) is 0.278. The minimum Gasteiger partial charge on any atom is -0.330 e. The van der Waals surface area contributed by atoms with Crippen LogP contribution in [0.2, 0.25) is 5.02 Å². The quantitative estimate of drug-likeness (QED) is 0.638. The molecule has 0 saturated carbocycles. The van der Waals surface area contributed by atoms with Crippen LogP contribution in [0.5, 0.6) is 0 Å². The fourth-order valence-corrected chi connectivity index (χ4v) is 4.07. The van der Waals surface area contributed by atoms with Crippen molar-refractivity contribution < 1.29 is 0 Å². The average molecular weight is 344 g/mol. The predicted molar refractivity (Wildman–Crippen MR) is 98.0 cm³/mol. The summed E-state index contributed by atoms with van der Waals surface area (Å²) in [5.74, 6) is 0.305. The van der Waals surface area contributed by atoms with Crippen LogP contribution in [0.25, 0.3) is 11.0 Å². The zero-order valence-corrected chi connectivity index (χ0v) is 14.5. The molecule has 0 bridgehead atoms. The second-order valence-electron chi connectivity index (χ2n) is 6.24. The molecule has 5 heteroatoms. The first kappa shape index (κ1) is 14.9. The summed E-state index contributed by atoms with van der Waals surface area (Å²) in [6, 6.07) is 12.8. The lowest BCUT2D eigenvalue weighted by Crippen LogP contribution is -2.24. The Morgan fingerprint density at radius 2 is 1.91 bits per heavy atom. The highest BCUT2D eigenvalue weighted by molar-refractivity contribution is 7.71. The molecule has 2 N–H and O–H groups in total. The van der Waals surface area contributed by atoms with Crippen molar-refractivity contribution in [2.75, 3.05) is 20.1 Å². The van der Waals surface area contributed by atoms with Crippen molar-refractivity contribution in [1.82, 2.24) is 14.9 Å². The Morgan fingerprint density at radius 1 is 1.17 bits per heavy atom. The average Bonchev–Trinajstić information content (AvgIpc) is 2.86. The number of benzene rings is 2. The molecule has 0 spiro atoms. The molecule has 0 saturated heterocycles. The molecule has 2 heterocycles. The Bertz CT molecular complexity index is 913. The number of hydrogen-bond donors (Lipinski definition) is 2. The number of imidazole rings is 1. The maximum absolute atomic E-state index is 6.48. The Kier molecular flexibility index (Phi) is 3.76. The minimum atomic E-state index is 0.305. The molecule has 1 aromatic heterocycles. The SMILES string of the molecule is CN1CCc2cc(Cl)c3[nH]c(=S)[nH]c3c2[C@@H](c2ccccc2)C1. The maximum atomic E-state index is 6.48. The highest BCUT2D eigenvalue weighted by Crippen LogP contribution is 2.38. The van der Waals surface area contributed by atoms with Crippen molar-refractivity contribution in [1.29, 1.82) is 0 Å². The highest BCUT2D eigenvalue weighted by atomic mass is 35.5. The van der Waals surface area contributed by atoms with E-state index in [-0.39, 0.29) is 0 Å². The molecule has 0 radical (unpaired) electrons. The van der Waals surface area contributed by atoms with Crippen molar-refractivity contribution in [3.05, 3.63) is 62.9 Å². The number of rotatable bonds is 1. The highest BCUT2D eigenvalue weighted by Gasteiger charge is 2.26. The third kappa shape index (κ3) is 2.61. The summed E-state index contributed by atoms with van der Waals surface area (Å²) in [5, 5.41) is 0.738. The molecule has 3 aromatic rings. The molecular weight excluding hydrogens is 326 g/mol. The van der Waals surface area contributed by atoms with Gasteiger partial charge in [-0.1, -0.05) is 41.9 Å². The van der Waals surface area contributed by atoms with Crippen molar-refractivity contribution in [3.8, 4) is 0 Å². The van der Waals surface area contributed by atoms with Crippen molar-refractivity contribution >= 4 is 34.9 Å². The standard InChI is InChI=1S/C18H18ClN3S/c1-22-8-7-12-9-14(19)16-17(21-18(23)20-16)15(12)13(10-22)11-5-3-2-4-6-11/h2-6,9,13H,7-8,10H2,1H3,(H2,20,21,23)/t13-/m1/s1. The third-order valence-corrected chi connectivity index (χ3v) is 5.19. The van der Waals surface area contributed by atoms with Gasteiger partial charge in [0.2, 0.25) is 0 Å². The van der Waals surface area contributed by atoms with Crippen LogP contribution in [-0.4, -0.2) is 35.0 Å². The molecule has 2 aromatic carbocycles. The second kappa shape index (κ2) is 5.78. The van der Waals surface area contributed by atoms with E-state index in [1.165, 1.54) is 16.7 Å². The van der Waals surface area contributed by atoms with Crippen molar-refractivity contribution in [2.24, 2.45) is 0 Å². The maximum Gasteiger partial charge on any atom is 0.175 e. The van der Waals surface area contributed by atoms with Crippen LogP contribution in [0.15, 0.2) is 36.4 Å². The number of fused-ring (bicyclic) bond motifs is 3. The van der Waals surface area contributed by atoms with Gasteiger partial charge in [-0.2, -0.15) is 0 Å². The summed E-state index contributed by atoms with van der Waals surface area (Å²) >= 11 is 11.8. The van der Waals surface area contributed by atoms with E-state index in [4.69, 9.17) is 23.8 Å². The van der Waals surface area contributed by atoms with Gasteiger partial charge in [0.15, 0.2) is 4.77 Å². The summed E-state index contributed by atoms with van der Waals surface area (Å²) in [5.41, 5.74) is 5.94. The molecule has 3 nitrogen and oxygen atoms in total. The number of hydrogen-bond acceptors (Lipinski definition) is 2. The number of aromatic nitrogens is 2. The smallest absolute Gasteiger partial charge is 0.175 e. The first-order valence-corrected chi connectivity index (χ1v) is 8.59. The summed E-state index contributed by atoms with van der Waals surface area (Å²) < 4.78 is 0.625. The molecular formula is C18H18ClN3S. The molecule has 23 heavy (non-hydrogen) atoms. The Labute approximate surface area is 145 Å². The van der Waals surface area contributed by atoms with Crippen molar-refractivity contribution in [3.63, 3.8) is 0 Å². The van der Waals surface area contributed by atoms with Crippen LogP contribution in [0.3, 0.4) is 0 Å². The van der Waals surface area contributed by atoms with E-state index in [0.29, 0.717) is 10.7 Å². The van der Waals surface area contributed by atoms with Crippen molar-refractivity contribution in [2.45, 2.75) is 12.3 Å². The van der Waals surface area contributed by atoms with E-state index in [1.807, 2.05) is 0 Å². The van der Waals surface area contributed by atoms with Crippen LogP contribution in [0.4, 0.5) is 0 Å². The van der Waals surface area contributed by atoms with Gasteiger partial charge < -0.3 is 14.9 Å². The molecule has 1 aliphatic rings. The number of aromatic amines is 2. The molecule has 0 amide bonds. The summed E-state index contributed by atoms with van der Waals surface area (Å²) in [7, 11) is 2.18. The minimum absolute atomic E-state index is 0.305. The first-order chi connectivity index (χ1) is 11.1. The van der Waals surface area contributed by atoms with Gasteiger partial charge in [-0.05, 0) is 48.4 Å². The zero-order chi connectivity index (χ0) is 16.0. The summed E-state index contributed by atoms with van der Waals surface area (Å²) in [4.78, 5) is 8.91. The Balaban J connectivity index is 2.02. The molecule has 4 rings (SSSR count). The molecule has 118 valence electrons. The molecule has 0 fully saturated rings. The van der Waals surface area contributed by atoms with Gasteiger partial charge >= 0.3 is 0 Å². The van der Waals surface area contributed by atoms with Crippen LogP contribution in [-0.2, 0) is 6.42 Å². The van der Waals surface area contributed by atoms with Crippen LogP contribution < -0.4 is 0 Å².